The van der Waals surface area contributed by atoms with Crippen LogP contribution in [0.3, 0.4) is 0 Å². The summed E-state index contributed by atoms with van der Waals surface area (Å²) in [5.41, 5.74) is 11.7. The van der Waals surface area contributed by atoms with Gasteiger partial charge in [0.05, 0.1) is 18.3 Å². The van der Waals surface area contributed by atoms with Gasteiger partial charge in [0, 0.05) is 50.0 Å². The van der Waals surface area contributed by atoms with Gasteiger partial charge in [0.15, 0.2) is 5.65 Å². The van der Waals surface area contributed by atoms with Gasteiger partial charge in [0.1, 0.15) is 11.9 Å². The van der Waals surface area contributed by atoms with Gasteiger partial charge >= 0.3 is 0 Å². The van der Waals surface area contributed by atoms with Crippen LogP contribution in [0.15, 0.2) is 12.3 Å². The monoisotopic (exact) mass is 462 g/mol. The van der Waals surface area contributed by atoms with Crippen molar-refractivity contribution in [2.24, 2.45) is 5.73 Å². The number of nitrogens with two attached hydrogens (primary N) is 1. The van der Waals surface area contributed by atoms with Crippen molar-refractivity contribution in [2.75, 3.05) is 37.6 Å². The molecule has 1 amide bonds. The lowest BCUT2D eigenvalue weighted by Gasteiger charge is -2.36. The van der Waals surface area contributed by atoms with Crippen molar-refractivity contribution in [1.29, 1.82) is 0 Å². The molecule has 3 N–H and O–H groups in total. The Hall–Kier alpha value is -2.37. The molecule has 11 heteroatoms. The summed E-state index contributed by atoms with van der Waals surface area (Å²) in [5.74, 6) is 0.900. The van der Waals surface area contributed by atoms with Crippen LogP contribution >= 0.6 is 0 Å². The molecule has 0 spiro atoms. The van der Waals surface area contributed by atoms with Gasteiger partial charge in [-0.25, -0.2) is 28.7 Å². The van der Waals surface area contributed by atoms with E-state index >= 15 is 0 Å². The van der Waals surface area contributed by atoms with Crippen LogP contribution in [0, 0.1) is 6.92 Å². The molecule has 2 aromatic rings. The fourth-order valence-corrected chi connectivity index (χ4v) is 5.31. The minimum Gasteiger partial charge on any atom is -0.355 e. The second kappa shape index (κ2) is 9.11. The maximum absolute atomic E-state index is 13.3. The zero-order chi connectivity index (χ0) is 23.1. The average Bonchev–Trinajstić information content (AvgIpc) is 3.52. The van der Waals surface area contributed by atoms with Crippen LogP contribution in [0.2, 0.25) is 0 Å². The maximum Gasteiger partial charge on any atom is 0.252 e. The van der Waals surface area contributed by atoms with E-state index in [9.17, 15) is 13.6 Å². The number of rotatable bonds is 5. The Morgan fingerprint density at radius 1 is 1.24 bits per heavy atom. The molecule has 0 aromatic carbocycles. The van der Waals surface area contributed by atoms with Gasteiger partial charge < -0.3 is 15.5 Å². The van der Waals surface area contributed by atoms with Gasteiger partial charge in [-0.05, 0) is 39.0 Å². The molecule has 5 heterocycles. The number of hydrazine groups is 1. The number of carbonyl (C=O) groups excluding carboxylic acids is 1. The van der Waals surface area contributed by atoms with Crippen LogP contribution < -0.4 is 16.1 Å². The number of piperidine rings is 1. The van der Waals surface area contributed by atoms with Crippen LogP contribution in [0.25, 0.3) is 5.65 Å². The number of alkyl halides is 2. The van der Waals surface area contributed by atoms with Crippen molar-refractivity contribution in [3.05, 3.63) is 23.5 Å². The molecular weight excluding hydrogens is 430 g/mol. The summed E-state index contributed by atoms with van der Waals surface area (Å²) in [4.78, 5) is 22.3. The number of anilines is 1. The summed E-state index contributed by atoms with van der Waals surface area (Å²) in [6.07, 6.45) is 3.82. The van der Waals surface area contributed by atoms with Gasteiger partial charge in [0.2, 0.25) is 5.91 Å². The number of amides is 1. The van der Waals surface area contributed by atoms with Crippen molar-refractivity contribution < 1.29 is 13.6 Å². The lowest BCUT2D eigenvalue weighted by Crippen LogP contribution is -2.50. The number of halogens is 2. The SMILES string of the molecule is Cc1cn2nc([C@@H]3CCCCN3C(=O)C3CCN(CC(F)F)N3)cc2nc1N1CC[C@H](N)C1. The van der Waals surface area contributed by atoms with Crippen molar-refractivity contribution in [3.63, 3.8) is 0 Å². The van der Waals surface area contributed by atoms with E-state index in [1.165, 1.54) is 5.01 Å². The first-order chi connectivity index (χ1) is 15.9. The molecule has 2 aromatic heterocycles. The average molecular weight is 463 g/mol. The topological polar surface area (TPSA) is 95.0 Å². The number of nitrogens with zero attached hydrogens (tertiary/aromatic N) is 6. The fraction of sp³-hybridized carbons (Fsp3) is 0.682. The van der Waals surface area contributed by atoms with Gasteiger partial charge in [-0.1, -0.05) is 0 Å². The van der Waals surface area contributed by atoms with E-state index in [2.05, 4.69) is 10.3 Å². The summed E-state index contributed by atoms with van der Waals surface area (Å²) < 4.78 is 27.2. The molecule has 0 bridgehead atoms. The van der Waals surface area contributed by atoms with E-state index in [0.717, 1.165) is 61.5 Å². The summed E-state index contributed by atoms with van der Waals surface area (Å²) in [7, 11) is 0. The quantitative estimate of drug-likeness (QED) is 0.695. The smallest absolute Gasteiger partial charge is 0.252 e. The molecular formula is C22H32F2N8O. The van der Waals surface area contributed by atoms with Crippen molar-refractivity contribution in [3.8, 4) is 0 Å². The van der Waals surface area contributed by atoms with Crippen molar-refractivity contribution >= 4 is 17.4 Å². The maximum atomic E-state index is 13.3. The van der Waals surface area contributed by atoms with Crippen LogP contribution in [-0.2, 0) is 4.79 Å². The summed E-state index contributed by atoms with van der Waals surface area (Å²) in [6, 6.07) is 1.54. The molecule has 180 valence electrons. The third-order valence-electron chi connectivity index (χ3n) is 6.96. The highest BCUT2D eigenvalue weighted by Crippen LogP contribution is 2.32. The van der Waals surface area contributed by atoms with E-state index in [1.807, 2.05) is 24.1 Å². The normalized spacial score (nSPS) is 26.8. The largest absolute Gasteiger partial charge is 0.355 e. The molecule has 5 rings (SSSR count). The number of nitrogens with one attached hydrogen (secondary N) is 1. The summed E-state index contributed by atoms with van der Waals surface area (Å²) in [5, 5.41) is 6.23. The van der Waals surface area contributed by atoms with Crippen LogP contribution in [0.1, 0.15) is 49.4 Å². The Morgan fingerprint density at radius 2 is 2.09 bits per heavy atom. The van der Waals surface area contributed by atoms with E-state index < -0.39 is 12.5 Å². The van der Waals surface area contributed by atoms with E-state index in [4.69, 9.17) is 15.8 Å². The van der Waals surface area contributed by atoms with E-state index in [0.29, 0.717) is 19.5 Å². The predicted octanol–water partition coefficient (Wildman–Crippen LogP) is 1.47. The molecule has 0 saturated carbocycles. The lowest BCUT2D eigenvalue weighted by atomic mass is 9.98. The van der Waals surface area contributed by atoms with Crippen molar-refractivity contribution in [1.82, 2.24) is 29.9 Å². The minimum absolute atomic E-state index is 0.0376. The Labute approximate surface area is 191 Å². The molecule has 9 nitrogen and oxygen atoms in total. The van der Waals surface area contributed by atoms with Crippen molar-refractivity contribution in [2.45, 2.75) is 63.6 Å². The number of likely N-dealkylation sites (tertiary alicyclic amines) is 1. The van der Waals surface area contributed by atoms with Gasteiger partial charge in [-0.3, -0.25) is 4.79 Å². The highest BCUT2D eigenvalue weighted by Gasteiger charge is 2.37. The molecule has 0 aliphatic carbocycles. The van der Waals surface area contributed by atoms with E-state index in [1.54, 1.807) is 4.52 Å². The third kappa shape index (κ3) is 4.53. The second-order valence-electron chi connectivity index (χ2n) is 9.46. The first kappa shape index (κ1) is 22.4. The molecule has 3 fully saturated rings. The Bertz CT molecular complexity index is 1010. The molecule has 33 heavy (non-hydrogen) atoms. The Balaban J connectivity index is 1.36. The number of fused-ring (bicyclic) bond motifs is 1. The molecule has 1 unspecified atom stereocenters. The third-order valence-corrected chi connectivity index (χ3v) is 6.96. The standard InChI is InChI=1S/C22H32F2N8O/c1-14-11-32-20(26-21(14)29-8-5-15(25)12-29)10-17(28-32)18-4-2-3-7-31(18)22(33)16-6-9-30(27-16)13-19(23)24/h10-11,15-16,18-19,27H,2-9,12-13,25H2,1H3/t15-,16?,18-/m0/s1. The number of carbonyl (C=O) groups is 1. The molecule has 3 saturated heterocycles. The minimum atomic E-state index is -2.43. The molecule has 0 radical (unpaired) electrons. The Morgan fingerprint density at radius 3 is 2.85 bits per heavy atom. The van der Waals surface area contributed by atoms with Gasteiger partial charge in [0.25, 0.3) is 6.43 Å². The second-order valence-corrected chi connectivity index (χ2v) is 9.46. The van der Waals surface area contributed by atoms with Crippen LogP contribution in [0.5, 0.6) is 0 Å². The summed E-state index contributed by atoms with van der Waals surface area (Å²) in [6.45, 7) is 4.45. The molecule has 3 aliphatic rings. The van der Waals surface area contributed by atoms with Gasteiger partial charge in [-0.15, -0.1) is 0 Å². The summed E-state index contributed by atoms with van der Waals surface area (Å²) >= 11 is 0. The number of aromatic nitrogens is 3. The lowest BCUT2D eigenvalue weighted by molar-refractivity contribution is -0.137. The zero-order valence-corrected chi connectivity index (χ0v) is 19.0. The van der Waals surface area contributed by atoms with E-state index in [-0.39, 0.29) is 24.5 Å². The van der Waals surface area contributed by atoms with Crippen LogP contribution in [0.4, 0.5) is 14.6 Å². The molecule has 3 aliphatic heterocycles. The Kier molecular flexibility index (Phi) is 6.19. The zero-order valence-electron chi connectivity index (χ0n) is 19.0. The first-order valence-electron chi connectivity index (χ1n) is 11.9. The number of hydrogen-bond acceptors (Lipinski definition) is 7. The highest BCUT2D eigenvalue weighted by atomic mass is 19.3. The number of hydrogen-bond donors (Lipinski definition) is 2. The van der Waals surface area contributed by atoms with Gasteiger partial charge in [-0.2, -0.15) is 5.10 Å². The first-order valence-corrected chi connectivity index (χ1v) is 11.9. The molecule has 3 atom stereocenters. The van der Waals surface area contributed by atoms with Crippen LogP contribution in [-0.4, -0.2) is 81.6 Å². The fourth-order valence-electron chi connectivity index (χ4n) is 5.31. The number of aryl methyl sites for hydroxylation is 1. The highest BCUT2D eigenvalue weighted by molar-refractivity contribution is 5.82. The predicted molar refractivity (Wildman–Crippen MR) is 120 cm³/mol.